The summed E-state index contributed by atoms with van der Waals surface area (Å²) in [5.41, 5.74) is 5.55. The molecule has 1 aromatic carbocycles. The smallest absolute Gasteiger partial charge is 0.350 e. The molecule has 0 saturated carbocycles. The Kier molecular flexibility index (Phi) is 6.21. The molecule has 0 radical (unpaired) electrons. The van der Waals surface area contributed by atoms with Gasteiger partial charge in [0.15, 0.2) is 0 Å². The van der Waals surface area contributed by atoms with Crippen molar-refractivity contribution in [3.05, 3.63) is 52.6 Å². The Labute approximate surface area is 148 Å². The number of amides is 2. The van der Waals surface area contributed by atoms with E-state index in [1.54, 1.807) is 0 Å². The number of terminal acetylenes is 1. The molecule has 0 aliphatic heterocycles. The van der Waals surface area contributed by atoms with E-state index < -0.39 is 30.2 Å². The molecule has 0 bridgehead atoms. The average molecular weight is 355 g/mol. The fourth-order valence-electron chi connectivity index (χ4n) is 1.93. The number of carbonyl (C=O) groups excluding carboxylic acids is 2. The summed E-state index contributed by atoms with van der Waals surface area (Å²) >= 11 is 0. The maximum Gasteiger partial charge on any atom is 0.350 e. The number of anilines is 2. The van der Waals surface area contributed by atoms with Gasteiger partial charge in [-0.15, -0.1) is 6.42 Å². The third kappa shape index (κ3) is 4.76. The number of aromatic nitrogens is 2. The lowest BCUT2D eigenvalue weighted by Crippen LogP contribution is -2.38. The molecule has 5 N–H and O–H groups in total. The topological polar surface area (TPSA) is 139 Å². The van der Waals surface area contributed by atoms with Crippen molar-refractivity contribution in [1.82, 2.24) is 9.55 Å². The van der Waals surface area contributed by atoms with Gasteiger partial charge in [0.25, 0.3) is 5.91 Å². The number of hydrogen-bond donors (Lipinski definition) is 4. The van der Waals surface area contributed by atoms with Gasteiger partial charge in [0, 0.05) is 17.4 Å². The normalized spacial score (nSPS) is 11.3. The van der Waals surface area contributed by atoms with Crippen LogP contribution in [0.4, 0.5) is 11.5 Å². The molecule has 0 aliphatic carbocycles. The van der Waals surface area contributed by atoms with Gasteiger partial charge in [0.1, 0.15) is 11.9 Å². The number of nitrogens with two attached hydrogens (primary N) is 1. The summed E-state index contributed by atoms with van der Waals surface area (Å²) < 4.78 is 1.23. The quantitative estimate of drug-likeness (QED) is 0.510. The Morgan fingerprint density at radius 2 is 1.96 bits per heavy atom. The first-order valence-electron chi connectivity index (χ1n) is 7.54. The van der Waals surface area contributed by atoms with Crippen molar-refractivity contribution in [2.24, 2.45) is 5.73 Å². The summed E-state index contributed by atoms with van der Waals surface area (Å²) in [7, 11) is 0. The number of aliphatic hydroxyl groups excluding tert-OH is 1. The molecule has 0 fully saturated rings. The first kappa shape index (κ1) is 18.9. The maximum atomic E-state index is 12.2. The molecule has 0 saturated heterocycles. The second-order valence-electron chi connectivity index (χ2n) is 5.24. The van der Waals surface area contributed by atoms with Gasteiger partial charge in [0.2, 0.25) is 5.91 Å². The van der Waals surface area contributed by atoms with Crippen LogP contribution in [0.1, 0.15) is 10.4 Å². The number of benzene rings is 1. The summed E-state index contributed by atoms with van der Waals surface area (Å²) in [5, 5.41) is 13.8. The summed E-state index contributed by atoms with van der Waals surface area (Å²) in [6, 6.07) is 6.41. The van der Waals surface area contributed by atoms with Crippen LogP contribution in [-0.4, -0.2) is 39.1 Å². The van der Waals surface area contributed by atoms with Gasteiger partial charge in [-0.05, 0) is 30.3 Å². The molecule has 9 nitrogen and oxygen atoms in total. The summed E-state index contributed by atoms with van der Waals surface area (Å²) in [5.74, 6) is 1.41. The van der Waals surface area contributed by atoms with Crippen LogP contribution in [0.25, 0.3) is 0 Å². The molecular formula is C17H17N5O4. The van der Waals surface area contributed by atoms with E-state index in [9.17, 15) is 14.4 Å². The molecule has 26 heavy (non-hydrogen) atoms. The average Bonchev–Trinajstić information content (AvgIpc) is 2.63. The van der Waals surface area contributed by atoms with Crippen molar-refractivity contribution in [3.8, 4) is 12.3 Å². The lowest BCUT2D eigenvalue weighted by molar-refractivity contribution is -0.118. The largest absolute Gasteiger partial charge is 0.394 e. The van der Waals surface area contributed by atoms with Crippen LogP contribution in [0.2, 0.25) is 0 Å². The predicted octanol–water partition coefficient (Wildman–Crippen LogP) is -0.613. The molecule has 134 valence electrons. The van der Waals surface area contributed by atoms with Gasteiger partial charge in [-0.1, -0.05) is 5.92 Å². The molecular weight excluding hydrogens is 338 g/mol. The number of nitrogens with zero attached hydrogens (tertiary/aromatic N) is 2. The van der Waals surface area contributed by atoms with Crippen molar-refractivity contribution in [2.45, 2.75) is 12.6 Å². The van der Waals surface area contributed by atoms with Gasteiger partial charge in [0.05, 0.1) is 13.2 Å². The van der Waals surface area contributed by atoms with Gasteiger partial charge < -0.3 is 21.5 Å². The van der Waals surface area contributed by atoms with Crippen LogP contribution in [0.15, 0.2) is 41.3 Å². The first-order valence-corrected chi connectivity index (χ1v) is 7.54. The van der Waals surface area contributed by atoms with Crippen LogP contribution in [-0.2, 0) is 11.3 Å². The van der Waals surface area contributed by atoms with Crippen molar-refractivity contribution < 1.29 is 14.7 Å². The number of aliphatic hydroxyl groups is 1. The molecule has 0 aliphatic rings. The fourth-order valence-corrected chi connectivity index (χ4v) is 1.93. The predicted molar refractivity (Wildman–Crippen MR) is 95.4 cm³/mol. The molecule has 9 heteroatoms. The van der Waals surface area contributed by atoms with Crippen molar-refractivity contribution in [1.29, 1.82) is 0 Å². The van der Waals surface area contributed by atoms with Crippen molar-refractivity contribution >= 4 is 23.3 Å². The molecule has 2 rings (SSSR count). The van der Waals surface area contributed by atoms with Crippen LogP contribution in [0.5, 0.6) is 0 Å². The third-order valence-corrected chi connectivity index (χ3v) is 3.33. The Bertz CT molecular complexity index is 899. The number of hydrogen-bond acceptors (Lipinski definition) is 6. The van der Waals surface area contributed by atoms with Gasteiger partial charge in [-0.25, -0.2) is 4.79 Å². The van der Waals surface area contributed by atoms with E-state index in [0.717, 1.165) is 0 Å². The molecule has 2 amide bonds. The second kappa shape index (κ2) is 8.57. The SMILES string of the molecule is C#CCn1ccc(NC(=O)c2ccc(NC(=O)[C@@H](N)CO)cc2)nc1=O. The van der Waals surface area contributed by atoms with Gasteiger partial charge >= 0.3 is 5.69 Å². The standard InChI is InChI=1S/C17H17N5O4/c1-2-8-22-9-7-14(21-17(22)26)20-15(24)11-3-5-12(6-4-11)19-16(25)13(18)10-23/h1,3-7,9,13,23H,8,10,18H2,(H,19,25)(H,20,21,24,26)/t13-/m0/s1. The zero-order valence-corrected chi connectivity index (χ0v) is 13.7. The fraction of sp³-hybridized carbons (Fsp3) is 0.176. The summed E-state index contributed by atoms with van der Waals surface area (Å²) in [4.78, 5) is 39.2. The number of nitrogens with one attached hydrogen (secondary N) is 2. The Morgan fingerprint density at radius 1 is 1.27 bits per heavy atom. The number of carbonyl (C=O) groups is 2. The van der Waals surface area contributed by atoms with E-state index in [1.807, 2.05) is 0 Å². The lowest BCUT2D eigenvalue weighted by atomic mass is 10.2. The van der Waals surface area contributed by atoms with E-state index in [2.05, 4.69) is 21.5 Å². The third-order valence-electron chi connectivity index (χ3n) is 3.33. The minimum Gasteiger partial charge on any atom is -0.394 e. The van der Waals surface area contributed by atoms with E-state index in [0.29, 0.717) is 11.3 Å². The molecule has 0 unspecified atom stereocenters. The minimum absolute atomic E-state index is 0.0905. The lowest BCUT2D eigenvalue weighted by Gasteiger charge is -2.10. The molecule has 1 heterocycles. The van der Waals surface area contributed by atoms with Crippen LogP contribution >= 0.6 is 0 Å². The Morgan fingerprint density at radius 3 is 2.54 bits per heavy atom. The van der Waals surface area contributed by atoms with Crippen LogP contribution < -0.4 is 22.1 Å². The van der Waals surface area contributed by atoms with Crippen LogP contribution in [0, 0.1) is 12.3 Å². The highest BCUT2D eigenvalue weighted by Crippen LogP contribution is 2.11. The van der Waals surface area contributed by atoms with E-state index in [1.165, 1.54) is 41.1 Å². The Hall–Kier alpha value is -3.48. The zero-order chi connectivity index (χ0) is 19.1. The highest BCUT2D eigenvalue weighted by molar-refractivity contribution is 6.04. The van der Waals surface area contributed by atoms with Crippen molar-refractivity contribution in [3.63, 3.8) is 0 Å². The van der Waals surface area contributed by atoms with Gasteiger partial charge in [-0.2, -0.15) is 4.98 Å². The van der Waals surface area contributed by atoms with Crippen molar-refractivity contribution in [2.75, 3.05) is 17.2 Å². The minimum atomic E-state index is -1.03. The maximum absolute atomic E-state index is 12.2. The molecule has 2 aromatic rings. The first-order chi connectivity index (χ1) is 12.4. The molecule has 0 spiro atoms. The molecule has 1 atom stereocenters. The van der Waals surface area contributed by atoms with E-state index in [4.69, 9.17) is 17.3 Å². The van der Waals surface area contributed by atoms with E-state index >= 15 is 0 Å². The van der Waals surface area contributed by atoms with Crippen LogP contribution in [0.3, 0.4) is 0 Å². The highest BCUT2D eigenvalue weighted by Gasteiger charge is 2.13. The van der Waals surface area contributed by atoms with E-state index in [-0.39, 0.29) is 12.4 Å². The zero-order valence-electron chi connectivity index (χ0n) is 13.7. The second-order valence-corrected chi connectivity index (χ2v) is 5.24. The highest BCUT2D eigenvalue weighted by atomic mass is 16.3. The summed E-state index contributed by atoms with van der Waals surface area (Å²) in [6.45, 7) is -0.382. The monoisotopic (exact) mass is 355 g/mol. The summed E-state index contributed by atoms with van der Waals surface area (Å²) in [6.07, 6.45) is 6.58. The molecule has 1 aromatic heterocycles. The van der Waals surface area contributed by atoms with Gasteiger partial charge in [-0.3, -0.25) is 14.2 Å². The number of rotatable bonds is 6. The Balaban J connectivity index is 2.04.